The average molecular weight is 269 g/mol. The van der Waals surface area contributed by atoms with Gasteiger partial charge >= 0.3 is 0 Å². The highest BCUT2D eigenvalue weighted by molar-refractivity contribution is 8.25. The summed E-state index contributed by atoms with van der Waals surface area (Å²) in [7, 11) is 0. The molecule has 0 radical (unpaired) electrons. The lowest BCUT2D eigenvalue weighted by Gasteiger charge is -2.33. The third-order valence-electron chi connectivity index (χ3n) is 2.75. The first-order chi connectivity index (χ1) is 7.71. The highest BCUT2D eigenvalue weighted by atomic mass is 32.2. The van der Waals surface area contributed by atoms with Crippen LogP contribution in [0.5, 0.6) is 0 Å². The van der Waals surface area contributed by atoms with Gasteiger partial charge in [0.25, 0.3) is 0 Å². The molecule has 1 unspecified atom stereocenters. The van der Waals surface area contributed by atoms with Crippen LogP contribution in [0, 0.1) is 0 Å². The van der Waals surface area contributed by atoms with Gasteiger partial charge in [-0.15, -0.1) is 11.8 Å². The van der Waals surface area contributed by atoms with Gasteiger partial charge < -0.3 is 0 Å². The number of rotatable bonds is 2. The van der Waals surface area contributed by atoms with E-state index in [-0.39, 0.29) is 4.75 Å². The fourth-order valence-corrected chi connectivity index (χ4v) is 4.58. The average Bonchev–Trinajstić information content (AvgIpc) is 2.31. The molecule has 1 fully saturated rings. The van der Waals surface area contributed by atoms with Crippen LogP contribution in [0.15, 0.2) is 29.4 Å². The van der Waals surface area contributed by atoms with E-state index in [0.717, 1.165) is 9.09 Å². The minimum Gasteiger partial charge on any atom is -0.264 e. The van der Waals surface area contributed by atoms with E-state index >= 15 is 0 Å². The molecule has 86 valence electrons. The number of nitrogens with zero attached hydrogens (tertiary/aromatic N) is 1. The van der Waals surface area contributed by atoms with Gasteiger partial charge in [-0.3, -0.25) is 4.98 Å². The lowest BCUT2D eigenvalue weighted by Crippen LogP contribution is -2.31. The van der Waals surface area contributed by atoms with Crippen molar-refractivity contribution in [3.63, 3.8) is 0 Å². The molecule has 2 rings (SSSR count). The Balaban J connectivity index is 2.02. The van der Waals surface area contributed by atoms with Gasteiger partial charge in [-0.25, -0.2) is 0 Å². The van der Waals surface area contributed by atoms with Crippen molar-refractivity contribution < 1.29 is 0 Å². The topological polar surface area (TPSA) is 12.9 Å². The molecule has 0 N–H and O–H groups in total. The van der Waals surface area contributed by atoms with E-state index in [0.29, 0.717) is 0 Å². The lowest BCUT2D eigenvalue weighted by molar-refractivity contribution is 0.646. The van der Waals surface area contributed by atoms with Crippen molar-refractivity contribution in [2.75, 3.05) is 5.75 Å². The van der Waals surface area contributed by atoms with Crippen LogP contribution in [0.25, 0.3) is 0 Å². The summed E-state index contributed by atoms with van der Waals surface area (Å²) >= 11 is 9.29. The van der Waals surface area contributed by atoms with Gasteiger partial charge in [-0.2, -0.15) is 0 Å². The molecule has 0 aliphatic carbocycles. The van der Waals surface area contributed by atoms with E-state index in [1.165, 1.54) is 25.0 Å². The third-order valence-corrected chi connectivity index (χ3v) is 6.36. The van der Waals surface area contributed by atoms with Crippen LogP contribution in [-0.2, 0) is 0 Å². The molecule has 1 atom stereocenters. The maximum Gasteiger partial charge on any atom is 0.0685 e. The van der Waals surface area contributed by atoms with Gasteiger partial charge in [0.1, 0.15) is 0 Å². The van der Waals surface area contributed by atoms with Crippen LogP contribution in [0.4, 0.5) is 0 Å². The summed E-state index contributed by atoms with van der Waals surface area (Å²) in [5, 5.41) is 0. The van der Waals surface area contributed by atoms with Crippen molar-refractivity contribution in [1.29, 1.82) is 0 Å². The Kier molecular flexibility index (Phi) is 4.27. The molecular weight excluding hydrogens is 254 g/mol. The van der Waals surface area contributed by atoms with Crippen LogP contribution in [0.1, 0.15) is 26.2 Å². The molecule has 0 spiro atoms. The normalized spacial score (nSPS) is 25.3. The molecule has 1 aromatic rings. The zero-order valence-corrected chi connectivity index (χ0v) is 11.8. The van der Waals surface area contributed by atoms with Crippen LogP contribution >= 0.6 is 35.7 Å². The maximum absolute atomic E-state index is 5.58. The predicted octanol–water partition coefficient (Wildman–Crippen LogP) is 4.18. The molecule has 16 heavy (non-hydrogen) atoms. The number of hydrogen-bond donors (Lipinski definition) is 0. The van der Waals surface area contributed by atoms with Crippen LogP contribution in [0.3, 0.4) is 0 Å². The van der Waals surface area contributed by atoms with Gasteiger partial charge in [0.05, 0.1) is 8.94 Å². The van der Waals surface area contributed by atoms with Crippen LogP contribution in [0.2, 0.25) is 0 Å². The molecule has 0 bridgehead atoms. The van der Waals surface area contributed by atoms with E-state index in [9.17, 15) is 0 Å². The summed E-state index contributed by atoms with van der Waals surface area (Å²) in [4.78, 5) is 5.27. The molecule has 0 amide bonds. The second-order valence-corrected chi connectivity index (χ2v) is 7.46. The standard InChI is InChI=1S/C12H15NS3/c1-12(6-2-3-8-15-12)11(14)16-10-5-4-7-13-9-10/h4-5,7,9H,2-3,6,8H2,1H3. The van der Waals surface area contributed by atoms with Crippen molar-refractivity contribution in [2.45, 2.75) is 35.8 Å². The first-order valence-electron chi connectivity index (χ1n) is 5.47. The van der Waals surface area contributed by atoms with E-state index in [1.807, 2.05) is 24.0 Å². The monoisotopic (exact) mass is 269 g/mol. The summed E-state index contributed by atoms with van der Waals surface area (Å²) < 4.78 is 1.28. The van der Waals surface area contributed by atoms with Gasteiger partial charge in [0.2, 0.25) is 0 Å². The first kappa shape index (κ1) is 12.4. The Morgan fingerprint density at radius 2 is 2.44 bits per heavy atom. The number of pyridine rings is 1. The Morgan fingerprint density at radius 1 is 1.56 bits per heavy atom. The predicted molar refractivity (Wildman–Crippen MR) is 77.4 cm³/mol. The highest BCUT2D eigenvalue weighted by Crippen LogP contribution is 2.41. The molecule has 2 heterocycles. The van der Waals surface area contributed by atoms with Gasteiger partial charge in [-0.1, -0.05) is 30.4 Å². The quantitative estimate of drug-likeness (QED) is 0.590. The highest BCUT2D eigenvalue weighted by Gasteiger charge is 2.32. The number of aromatic nitrogens is 1. The van der Waals surface area contributed by atoms with Gasteiger partial charge in [0, 0.05) is 17.3 Å². The summed E-state index contributed by atoms with van der Waals surface area (Å²) in [6.07, 6.45) is 7.53. The van der Waals surface area contributed by atoms with Crippen molar-refractivity contribution in [3.05, 3.63) is 24.5 Å². The van der Waals surface area contributed by atoms with Crippen LogP contribution < -0.4 is 0 Å². The fourth-order valence-electron chi connectivity index (χ4n) is 1.72. The maximum atomic E-state index is 5.58. The van der Waals surface area contributed by atoms with E-state index in [4.69, 9.17) is 12.2 Å². The smallest absolute Gasteiger partial charge is 0.0685 e. The summed E-state index contributed by atoms with van der Waals surface area (Å²) in [6.45, 7) is 2.28. The van der Waals surface area contributed by atoms with Crippen molar-refractivity contribution in [2.24, 2.45) is 0 Å². The van der Waals surface area contributed by atoms with Crippen molar-refractivity contribution in [1.82, 2.24) is 4.98 Å². The molecule has 1 nitrogen and oxygen atoms in total. The molecule has 0 saturated carbocycles. The molecule has 0 aromatic carbocycles. The van der Waals surface area contributed by atoms with Gasteiger partial charge in [0.15, 0.2) is 0 Å². The molecule has 1 aliphatic heterocycles. The first-order valence-corrected chi connectivity index (χ1v) is 7.68. The zero-order chi connectivity index (χ0) is 11.4. The SMILES string of the molecule is CC1(C(=S)Sc2cccnc2)CCCCS1. The molecule has 1 aromatic heterocycles. The fraction of sp³-hybridized carbons (Fsp3) is 0.500. The number of thiocarbonyl (C=S) groups is 1. The van der Waals surface area contributed by atoms with Crippen LogP contribution in [-0.4, -0.2) is 19.7 Å². The number of hydrogen-bond acceptors (Lipinski definition) is 4. The van der Waals surface area contributed by atoms with Gasteiger partial charge in [-0.05, 0) is 37.7 Å². The summed E-state index contributed by atoms with van der Waals surface area (Å²) in [6, 6.07) is 4.03. The largest absolute Gasteiger partial charge is 0.264 e. The Bertz CT molecular complexity index is 358. The van der Waals surface area contributed by atoms with E-state index < -0.39 is 0 Å². The molecular formula is C12H15NS3. The molecule has 4 heteroatoms. The Hall–Kier alpha value is -0.0600. The second kappa shape index (κ2) is 5.52. The summed E-state index contributed by atoms with van der Waals surface area (Å²) in [5.41, 5.74) is 0. The minimum absolute atomic E-state index is 0.175. The Labute approximate surface area is 111 Å². The second-order valence-electron chi connectivity index (χ2n) is 4.11. The lowest BCUT2D eigenvalue weighted by atomic mass is 10.1. The summed E-state index contributed by atoms with van der Waals surface area (Å²) in [5.74, 6) is 1.24. The minimum atomic E-state index is 0.175. The zero-order valence-electron chi connectivity index (χ0n) is 9.31. The van der Waals surface area contributed by atoms with E-state index in [2.05, 4.69) is 18.0 Å². The molecule has 1 saturated heterocycles. The van der Waals surface area contributed by atoms with Crippen molar-refractivity contribution in [3.8, 4) is 0 Å². The molecule has 1 aliphatic rings. The number of thioether (sulfide) groups is 2. The van der Waals surface area contributed by atoms with Crippen molar-refractivity contribution >= 4 is 39.9 Å². The Morgan fingerprint density at radius 3 is 3.06 bits per heavy atom. The van der Waals surface area contributed by atoms with E-state index in [1.54, 1.807) is 18.0 Å². The third kappa shape index (κ3) is 2.99.